The summed E-state index contributed by atoms with van der Waals surface area (Å²) in [6.45, 7) is 4.39. The fourth-order valence-corrected chi connectivity index (χ4v) is 1.89. The van der Waals surface area contributed by atoms with Gasteiger partial charge in [0, 0.05) is 13.1 Å². The molecule has 0 amide bonds. The van der Waals surface area contributed by atoms with Gasteiger partial charge in [-0.3, -0.25) is 4.68 Å². The molecule has 4 heteroatoms. The fraction of sp³-hybridized carbons (Fsp3) is 0.727. The van der Waals surface area contributed by atoms with E-state index in [1.165, 1.54) is 6.42 Å². The van der Waals surface area contributed by atoms with Crippen LogP contribution in [0.15, 0.2) is 0 Å². The van der Waals surface area contributed by atoms with E-state index in [2.05, 4.69) is 24.3 Å². The van der Waals surface area contributed by atoms with E-state index in [9.17, 15) is 0 Å². The SMILES string of the molecule is CCCc1nn(C)c(NC2CC2C)c1N. The number of nitrogens with zero attached hydrogens (tertiary/aromatic N) is 2. The van der Waals surface area contributed by atoms with Crippen LogP contribution in [-0.2, 0) is 13.5 Å². The second-order valence-electron chi connectivity index (χ2n) is 4.55. The Morgan fingerprint density at radius 1 is 1.60 bits per heavy atom. The van der Waals surface area contributed by atoms with Crippen LogP contribution < -0.4 is 11.1 Å². The van der Waals surface area contributed by atoms with Gasteiger partial charge in [0.05, 0.1) is 11.4 Å². The smallest absolute Gasteiger partial charge is 0.148 e. The van der Waals surface area contributed by atoms with Gasteiger partial charge in [0.1, 0.15) is 5.82 Å². The highest BCUT2D eigenvalue weighted by Crippen LogP contribution is 2.35. The van der Waals surface area contributed by atoms with Gasteiger partial charge in [0.2, 0.25) is 0 Å². The van der Waals surface area contributed by atoms with E-state index in [4.69, 9.17) is 5.73 Å². The first kappa shape index (κ1) is 10.3. The molecule has 1 aliphatic carbocycles. The summed E-state index contributed by atoms with van der Waals surface area (Å²) in [5.74, 6) is 1.77. The Bertz CT molecular complexity index is 356. The highest BCUT2D eigenvalue weighted by Gasteiger charge is 2.33. The van der Waals surface area contributed by atoms with Crippen LogP contribution in [0, 0.1) is 5.92 Å². The molecule has 2 atom stereocenters. The minimum absolute atomic E-state index is 0.595. The number of aromatic nitrogens is 2. The van der Waals surface area contributed by atoms with Gasteiger partial charge in [-0.25, -0.2) is 0 Å². The van der Waals surface area contributed by atoms with Crippen molar-refractivity contribution < 1.29 is 0 Å². The third-order valence-corrected chi connectivity index (χ3v) is 3.08. The van der Waals surface area contributed by atoms with E-state index in [1.807, 2.05) is 11.7 Å². The number of hydrogen-bond acceptors (Lipinski definition) is 3. The Labute approximate surface area is 90.8 Å². The summed E-state index contributed by atoms with van der Waals surface area (Å²) in [7, 11) is 1.95. The maximum atomic E-state index is 6.07. The van der Waals surface area contributed by atoms with Crippen LogP contribution in [0.25, 0.3) is 0 Å². The Morgan fingerprint density at radius 3 is 2.80 bits per heavy atom. The van der Waals surface area contributed by atoms with Gasteiger partial charge in [0.25, 0.3) is 0 Å². The number of aryl methyl sites for hydroxylation is 2. The van der Waals surface area contributed by atoms with Crippen molar-refractivity contribution in [2.75, 3.05) is 11.1 Å². The Hall–Kier alpha value is -1.19. The largest absolute Gasteiger partial charge is 0.394 e. The van der Waals surface area contributed by atoms with Gasteiger partial charge in [-0.15, -0.1) is 0 Å². The molecule has 2 rings (SSSR count). The molecule has 1 aliphatic rings. The Morgan fingerprint density at radius 2 is 2.27 bits per heavy atom. The molecule has 0 aliphatic heterocycles. The van der Waals surface area contributed by atoms with Gasteiger partial charge >= 0.3 is 0 Å². The lowest BCUT2D eigenvalue weighted by Crippen LogP contribution is -2.09. The zero-order chi connectivity index (χ0) is 11.0. The molecule has 15 heavy (non-hydrogen) atoms. The van der Waals surface area contributed by atoms with E-state index in [-0.39, 0.29) is 0 Å². The molecule has 1 aromatic heterocycles. The quantitative estimate of drug-likeness (QED) is 0.793. The van der Waals surface area contributed by atoms with E-state index in [0.29, 0.717) is 6.04 Å². The molecule has 1 heterocycles. The molecular formula is C11H20N4. The first-order valence-corrected chi connectivity index (χ1v) is 5.71. The van der Waals surface area contributed by atoms with Crippen LogP contribution in [-0.4, -0.2) is 15.8 Å². The van der Waals surface area contributed by atoms with E-state index in [1.54, 1.807) is 0 Å². The van der Waals surface area contributed by atoms with Crippen LogP contribution >= 0.6 is 0 Å². The second-order valence-corrected chi connectivity index (χ2v) is 4.55. The number of nitrogens with two attached hydrogens (primary N) is 1. The van der Waals surface area contributed by atoms with Gasteiger partial charge in [-0.2, -0.15) is 5.10 Å². The van der Waals surface area contributed by atoms with E-state index < -0.39 is 0 Å². The maximum absolute atomic E-state index is 6.07. The Balaban J connectivity index is 2.15. The first-order chi connectivity index (χ1) is 7.13. The molecular weight excluding hydrogens is 188 g/mol. The van der Waals surface area contributed by atoms with Gasteiger partial charge in [-0.1, -0.05) is 20.3 Å². The molecule has 4 nitrogen and oxygen atoms in total. The summed E-state index contributed by atoms with van der Waals surface area (Å²) in [5, 5.41) is 7.89. The highest BCUT2D eigenvalue weighted by molar-refractivity contribution is 5.65. The minimum atomic E-state index is 0.595. The molecule has 2 unspecified atom stereocenters. The Kier molecular flexibility index (Phi) is 2.59. The number of hydrogen-bond donors (Lipinski definition) is 2. The second kappa shape index (κ2) is 3.76. The van der Waals surface area contributed by atoms with Crippen molar-refractivity contribution in [3.05, 3.63) is 5.69 Å². The normalized spacial score (nSPS) is 24.2. The molecule has 0 saturated heterocycles. The van der Waals surface area contributed by atoms with Crippen LogP contribution in [0.2, 0.25) is 0 Å². The van der Waals surface area contributed by atoms with Crippen molar-refractivity contribution in [1.82, 2.24) is 9.78 Å². The van der Waals surface area contributed by atoms with Crippen molar-refractivity contribution in [2.24, 2.45) is 13.0 Å². The average Bonchev–Trinajstić information content (AvgIpc) is 2.82. The fourth-order valence-electron chi connectivity index (χ4n) is 1.89. The minimum Gasteiger partial charge on any atom is -0.394 e. The topological polar surface area (TPSA) is 55.9 Å². The van der Waals surface area contributed by atoms with Crippen LogP contribution in [0.5, 0.6) is 0 Å². The molecule has 0 radical (unpaired) electrons. The summed E-state index contributed by atoms with van der Waals surface area (Å²) in [5.41, 5.74) is 7.92. The number of anilines is 2. The molecule has 0 aromatic carbocycles. The lowest BCUT2D eigenvalue weighted by molar-refractivity contribution is 0.733. The molecule has 1 fully saturated rings. The van der Waals surface area contributed by atoms with Crippen molar-refractivity contribution >= 4 is 11.5 Å². The van der Waals surface area contributed by atoms with Crippen LogP contribution in [0.1, 0.15) is 32.4 Å². The van der Waals surface area contributed by atoms with E-state index in [0.717, 1.165) is 36.0 Å². The molecule has 84 valence electrons. The number of nitrogens with one attached hydrogen (secondary N) is 1. The summed E-state index contributed by atoms with van der Waals surface area (Å²) >= 11 is 0. The van der Waals surface area contributed by atoms with Crippen molar-refractivity contribution in [3.8, 4) is 0 Å². The molecule has 1 saturated carbocycles. The van der Waals surface area contributed by atoms with Gasteiger partial charge in [-0.05, 0) is 18.8 Å². The standard InChI is InChI=1S/C11H20N4/c1-4-5-8-10(12)11(15(3)14-8)13-9-6-7(9)2/h7,9,13H,4-6,12H2,1-3H3. The lowest BCUT2D eigenvalue weighted by atomic mass is 10.2. The zero-order valence-corrected chi connectivity index (χ0v) is 9.75. The third kappa shape index (κ3) is 1.94. The number of nitrogen functional groups attached to an aromatic ring is 1. The summed E-state index contributed by atoms with van der Waals surface area (Å²) in [6.07, 6.45) is 3.29. The molecule has 0 bridgehead atoms. The maximum Gasteiger partial charge on any atom is 0.148 e. The highest BCUT2D eigenvalue weighted by atomic mass is 15.3. The van der Waals surface area contributed by atoms with Gasteiger partial charge in [0.15, 0.2) is 0 Å². The summed E-state index contributed by atoms with van der Waals surface area (Å²) in [4.78, 5) is 0. The lowest BCUT2D eigenvalue weighted by Gasteiger charge is -2.06. The number of rotatable bonds is 4. The van der Waals surface area contributed by atoms with Crippen molar-refractivity contribution in [3.63, 3.8) is 0 Å². The third-order valence-electron chi connectivity index (χ3n) is 3.08. The molecule has 1 aromatic rings. The van der Waals surface area contributed by atoms with E-state index >= 15 is 0 Å². The predicted molar refractivity (Wildman–Crippen MR) is 62.8 cm³/mol. The zero-order valence-electron chi connectivity index (χ0n) is 9.75. The summed E-state index contributed by atoms with van der Waals surface area (Å²) in [6, 6.07) is 0.595. The van der Waals surface area contributed by atoms with Gasteiger partial charge < -0.3 is 11.1 Å². The van der Waals surface area contributed by atoms with Crippen LogP contribution in [0.3, 0.4) is 0 Å². The summed E-state index contributed by atoms with van der Waals surface area (Å²) < 4.78 is 1.87. The first-order valence-electron chi connectivity index (χ1n) is 5.71. The predicted octanol–water partition coefficient (Wildman–Crippen LogP) is 1.78. The average molecular weight is 208 g/mol. The van der Waals surface area contributed by atoms with Crippen LogP contribution in [0.4, 0.5) is 11.5 Å². The molecule has 3 N–H and O–H groups in total. The van der Waals surface area contributed by atoms with Crippen molar-refractivity contribution in [2.45, 2.75) is 39.2 Å². The van der Waals surface area contributed by atoms with Crippen molar-refractivity contribution in [1.29, 1.82) is 0 Å². The monoisotopic (exact) mass is 208 g/mol. The molecule has 0 spiro atoms.